The summed E-state index contributed by atoms with van der Waals surface area (Å²) < 4.78 is 13.9. The van der Waals surface area contributed by atoms with Gasteiger partial charge in [-0.25, -0.2) is 14.2 Å². The minimum absolute atomic E-state index is 0.111. The minimum Gasteiger partial charge on any atom is -0.337 e. The van der Waals surface area contributed by atoms with Gasteiger partial charge in [0.2, 0.25) is 0 Å². The summed E-state index contributed by atoms with van der Waals surface area (Å²) in [5, 5.41) is 5.59. The Labute approximate surface area is 197 Å². The molecule has 9 heteroatoms. The molecule has 33 heavy (non-hydrogen) atoms. The van der Waals surface area contributed by atoms with Crippen LogP contribution >= 0.6 is 11.3 Å². The summed E-state index contributed by atoms with van der Waals surface area (Å²) in [7, 11) is 0. The van der Waals surface area contributed by atoms with E-state index >= 15 is 0 Å². The van der Waals surface area contributed by atoms with Gasteiger partial charge in [-0.15, -0.1) is 11.3 Å². The lowest BCUT2D eigenvalue weighted by atomic mass is 9.73. The number of likely N-dealkylation sites (tertiary alicyclic amines) is 1. The summed E-state index contributed by atoms with van der Waals surface area (Å²) in [5.74, 6) is -0.788. The maximum absolute atomic E-state index is 13.9. The Bertz CT molecular complexity index is 1060. The minimum atomic E-state index is -1.15. The number of hydrogen-bond donors (Lipinski definition) is 1. The van der Waals surface area contributed by atoms with E-state index in [4.69, 9.17) is 0 Å². The number of nitrogens with zero attached hydrogens (tertiary/aromatic N) is 3. The molecule has 4 amide bonds. The normalized spacial score (nSPS) is 21.7. The fourth-order valence-corrected chi connectivity index (χ4v) is 5.47. The molecule has 0 saturated carbocycles. The number of thiazole rings is 1. The first kappa shape index (κ1) is 23.4. The van der Waals surface area contributed by atoms with Gasteiger partial charge in [-0.2, -0.15) is 0 Å². The summed E-state index contributed by atoms with van der Waals surface area (Å²) >= 11 is 1.44. The lowest BCUT2D eigenvalue weighted by Gasteiger charge is -2.41. The molecule has 2 aromatic rings. The van der Waals surface area contributed by atoms with Crippen molar-refractivity contribution in [2.24, 2.45) is 11.8 Å². The van der Waals surface area contributed by atoms with Crippen LogP contribution in [0, 0.1) is 24.6 Å². The van der Waals surface area contributed by atoms with E-state index in [1.165, 1.54) is 28.4 Å². The van der Waals surface area contributed by atoms with Crippen molar-refractivity contribution in [2.45, 2.75) is 45.6 Å². The van der Waals surface area contributed by atoms with Gasteiger partial charge in [0.15, 0.2) is 0 Å². The zero-order valence-electron chi connectivity index (χ0n) is 19.1. The lowest BCUT2D eigenvalue weighted by molar-refractivity contribution is -0.134. The smallest absolute Gasteiger partial charge is 0.325 e. The van der Waals surface area contributed by atoms with Crippen molar-refractivity contribution in [3.63, 3.8) is 0 Å². The second kappa shape index (κ2) is 9.21. The fourth-order valence-electron chi connectivity index (χ4n) is 4.88. The molecule has 3 heterocycles. The molecule has 1 aromatic carbocycles. The Morgan fingerprint density at radius 3 is 2.64 bits per heavy atom. The van der Waals surface area contributed by atoms with Crippen molar-refractivity contribution in [1.82, 2.24) is 20.1 Å². The predicted octanol–water partition coefficient (Wildman–Crippen LogP) is 3.63. The van der Waals surface area contributed by atoms with Crippen LogP contribution in [-0.2, 0) is 11.2 Å². The van der Waals surface area contributed by atoms with Crippen molar-refractivity contribution in [3.8, 4) is 0 Å². The number of aryl methyl sites for hydroxylation is 1. The van der Waals surface area contributed by atoms with Gasteiger partial charge in [0, 0.05) is 31.4 Å². The molecule has 7 nitrogen and oxygen atoms in total. The molecule has 0 aliphatic carbocycles. The van der Waals surface area contributed by atoms with Crippen LogP contribution in [0.3, 0.4) is 0 Å². The van der Waals surface area contributed by atoms with Crippen LogP contribution in [-0.4, -0.2) is 57.8 Å². The van der Waals surface area contributed by atoms with Crippen LogP contribution in [0.5, 0.6) is 0 Å². The summed E-state index contributed by atoms with van der Waals surface area (Å²) in [6.45, 7) is 7.04. The third kappa shape index (κ3) is 4.64. The molecule has 2 aliphatic heterocycles. The lowest BCUT2D eigenvalue weighted by Crippen LogP contribution is -2.58. The first-order chi connectivity index (χ1) is 15.7. The summed E-state index contributed by atoms with van der Waals surface area (Å²) in [6, 6.07) is 5.76. The fraction of sp³-hybridized carbons (Fsp3) is 0.500. The summed E-state index contributed by atoms with van der Waals surface area (Å²) in [6.07, 6.45) is 1.34. The Hall–Kier alpha value is -2.81. The van der Waals surface area contributed by atoms with Gasteiger partial charge in [0.1, 0.15) is 17.1 Å². The molecule has 0 bridgehead atoms. The highest BCUT2D eigenvalue weighted by molar-refractivity contribution is 7.09. The molecule has 4 rings (SSSR count). The first-order valence-corrected chi connectivity index (χ1v) is 12.2. The second-order valence-corrected chi connectivity index (χ2v) is 10.4. The Balaban J connectivity index is 1.57. The molecular formula is C24H29FN4O3S. The number of imide groups is 1. The number of benzene rings is 1. The molecule has 2 saturated heterocycles. The molecule has 176 valence electrons. The largest absolute Gasteiger partial charge is 0.337 e. The van der Waals surface area contributed by atoms with Gasteiger partial charge in [0.05, 0.1) is 5.01 Å². The average Bonchev–Trinajstić information content (AvgIpc) is 3.30. The van der Waals surface area contributed by atoms with Crippen molar-refractivity contribution < 1.29 is 18.8 Å². The maximum atomic E-state index is 13.9. The van der Waals surface area contributed by atoms with Crippen LogP contribution in [0.15, 0.2) is 29.6 Å². The summed E-state index contributed by atoms with van der Waals surface area (Å²) in [5.41, 5.74) is -0.0446. The number of piperidine rings is 1. The average molecular weight is 473 g/mol. The zero-order valence-corrected chi connectivity index (χ0v) is 20.0. The van der Waals surface area contributed by atoms with E-state index in [1.807, 2.05) is 20.8 Å². The molecule has 2 aliphatic rings. The van der Waals surface area contributed by atoms with E-state index < -0.39 is 11.6 Å². The number of aromatic nitrogens is 1. The number of hydrogen-bond acceptors (Lipinski definition) is 5. The van der Waals surface area contributed by atoms with E-state index in [2.05, 4.69) is 10.3 Å². The van der Waals surface area contributed by atoms with Gasteiger partial charge in [0.25, 0.3) is 11.8 Å². The number of halogens is 1. The van der Waals surface area contributed by atoms with E-state index in [0.29, 0.717) is 43.7 Å². The number of carbonyl (C=O) groups is 3. The molecular weight excluding hydrogens is 443 g/mol. The van der Waals surface area contributed by atoms with E-state index in [-0.39, 0.29) is 35.9 Å². The van der Waals surface area contributed by atoms with Crippen molar-refractivity contribution in [1.29, 1.82) is 0 Å². The van der Waals surface area contributed by atoms with Gasteiger partial charge in [-0.3, -0.25) is 14.5 Å². The van der Waals surface area contributed by atoms with Gasteiger partial charge >= 0.3 is 6.03 Å². The van der Waals surface area contributed by atoms with Crippen LogP contribution in [0.4, 0.5) is 9.18 Å². The Kier molecular flexibility index (Phi) is 6.52. The van der Waals surface area contributed by atoms with E-state index in [9.17, 15) is 18.8 Å². The van der Waals surface area contributed by atoms with Gasteiger partial charge < -0.3 is 10.2 Å². The molecule has 0 unspecified atom stereocenters. The third-order valence-electron chi connectivity index (χ3n) is 6.44. The number of rotatable bonds is 6. The quantitative estimate of drug-likeness (QED) is 0.651. The van der Waals surface area contributed by atoms with Gasteiger partial charge in [-0.1, -0.05) is 26.0 Å². The highest BCUT2D eigenvalue weighted by Gasteiger charge is 2.56. The molecule has 1 aromatic heterocycles. The van der Waals surface area contributed by atoms with Crippen molar-refractivity contribution in [3.05, 3.63) is 51.7 Å². The van der Waals surface area contributed by atoms with E-state index in [0.717, 1.165) is 5.01 Å². The Morgan fingerprint density at radius 1 is 1.30 bits per heavy atom. The number of nitrogens with one attached hydrogen (secondary N) is 1. The molecule has 1 atom stereocenters. The van der Waals surface area contributed by atoms with Gasteiger partial charge in [-0.05, 0) is 49.3 Å². The number of amides is 4. The topological polar surface area (TPSA) is 82.6 Å². The number of carbonyl (C=O) groups excluding carboxylic acids is 3. The van der Waals surface area contributed by atoms with Crippen LogP contribution in [0.1, 0.15) is 47.7 Å². The SMILES string of the molecule is Cc1nc(C(=O)N2CCC([C@]3(Cc4cccc(F)c4)NC(=O)N(CC(C)C)C3=O)CC2)cs1. The highest BCUT2D eigenvalue weighted by atomic mass is 32.1. The first-order valence-electron chi connectivity index (χ1n) is 11.3. The standard InChI is InChI=1S/C24H29FN4O3S/c1-15(2)13-29-22(31)24(27-23(29)32,12-17-5-4-6-19(25)11-17)18-7-9-28(10-8-18)21(30)20-14-33-16(3)26-20/h4-6,11,14-15,18H,7-10,12-13H2,1-3H3,(H,27,32)/t24-/m0/s1. The number of urea groups is 1. The van der Waals surface area contributed by atoms with E-state index in [1.54, 1.807) is 22.4 Å². The maximum Gasteiger partial charge on any atom is 0.325 e. The van der Waals surface area contributed by atoms with Crippen molar-refractivity contribution in [2.75, 3.05) is 19.6 Å². The second-order valence-electron chi connectivity index (χ2n) is 9.34. The molecule has 0 spiro atoms. The third-order valence-corrected chi connectivity index (χ3v) is 7.21. The zero-order chi connectivity index (χ0) is 23.8. The molecule has 1 N–H and O–H groups in total. The highest BCUT2D eigenvalue weighted by Crippen LogP contribution is 2.37. The van der Waals surface area contributed by atoms with Crippen LogP contribution < -0.4 is 5.32 Å². The predicted molar refractivity (Wildman–Crippen MR) is 123 cm³/mol. The molecule has 0 radical (unpaired) electrons. The summed E-state index contributed by atoms with van der Waals surface area (Å²) in [4.78, 5) is 46.7. The van der Waals surface area contributed by atoms with Crippen molar-refractivity contribution >= 4 is 29.2 Å². The van der Waals surface area contributed by atoms with Crippen LogP contribution in [0.2, 0.25) is 0 Å². The van der Waals surface area contributed by atoms with Crippen LogP contribution in [0.25, 0.3) is 0 Å². The monoisotopic (exact) mass is 472 g/mol. The molecule has 2 fully saturated rings. The Morgan fingerprint density at radius 2 is 2.03 bits per heavy atom.